The molecule has 0 aromatic rings. The molecule has 0 radical (unpaired) electrons. The molecule has 1 amide bonds. The Morgan fingerprint density at radius 1 is 1.59 bits per heavy atom. The van der Waals surface area contributed by atoms with Crippen LogP contribution in [0.25, 0.3) is 0 Å². The smallest absolute Gasteiger partial charge is 0.329 e. The lowest BCUT2D eigenvalue weighted by Crippen LogP contribution is -2.61. The van der Waals surface area contributed by atoms with Gasteiger partial charge >= 0.3 is 5.97 Å². The van der Waals surface area contributed by atoms with Crippen LogP contribution in [0.2, 0.25) is 0 Å². The van der Waals surface area contributed by atoms with Gasteiger partial charge in [0.1, 0.15) is 5.54 Å². The highest BCUT2D eigenvalue weighted by atomic mass is 16.4. The number of amides is 1. The molecule has 2 fully saturated rings. The van der Waals surface area contributed by atoms with E-state index in [0.717, 1.165) is 25.9 Å². The fourth-order valence-corrected chi connectivity index (χ4v) is 3.30. The largest absolute Gasteiger partial charge is 0.479 e. The van der Waals surface area contributed by atoms with Gasteiger partial charge in [-0.15, -0.1) is 0 Å². The first-order valence-corrected chi connectivity index (χ1v) is 6.33. The van der Waals surface area contributed by atoms with E-state index < -0.39 is 11.5 Å². The van der Waals surface area contributed by atoms with Crippen LogP contribution < -0.4 is 0 Å². The number of carbonyl (C=O) groups excluding carboxylic acids is 1. The van der Waals surface area contributed by atoms with Crippen LogP contribution in [0.15, 0.2) is 0 Å². The Balaban J connectivity index is 2.23. The first kappa shape index (κ1) is 12.4. The lowest BCUT2D eigenvalue weighted by Gasteiger charge is -2.46. The van der Waals surface area contributed by atoms with Gasteiger partial charge in [-0.3, -0.25) is 4.79 Å². The normalized spacial score (nSPS) is 33.1. The van der Waals surface area contributed by atoms with E-state index in [4.69, 9.17) is 0 Å². The summed E-state index contributed by atoms with van der Waals surface area (Å²) in [5, 5.41) is 9.52. The van der Waals surface area contributed by atoms with Crippen molar-refractivity contribution in [3.63, 3.8) is 0 Å². The quantitative estimate of drug-likeness (QED) is 0.729. The number of fused-ring (bicyclic) bond motifs is 1. The first-order valence-electron chi connectivity index (χ1n) is 6.33. The van der Waals surface area contributed by atoms with Crippen molar-refractivity contribution in [1.82, 2.24) is 9.80 Å². The Kier molecular flexibility index (Phi) is 3.38. The van der Waals surface area contributed by atoms with Crippen LogP contribution in [-0.4, -0.2) is 58.5 Å². The van der Waals surface area contributed by atoms with Crippen molar-refractivity contribution in [3.05, 3.63) is 0 Å². The van der Waals surface area contributed by atoms with Crippen LogP contribution in [0.5, 0.6) is 0 Å². The van der Waals surface area contributed by atoms with E-state index >= 15 is 0 Å². The number of nitrogens with zero attached hydrogens (tertiary/aromatic N) is 2. The van der Waals surface area contributed by atoms with E-state index in [1.807, 2.05) is 6.92 Å². The third-order valence-electron chi connectivity index (χ3n) is 4.30. The number of carboxylic acid groups (broad SMARTS) is 1. The van der Waals surface area contributed by atoms with Crippen LogP contribution in [0, 0.1) is 0 Å². The molecule has 17 heavy (non-hydrogen) atoms. The van der Waals surface area contributed by atoms with E-state index in [0.29, 0.717) is 31.8 Å². The minimum absolute atomic E-state index is 0.342. The van der Waals surface area contributed by atoms with Crippen molar-refractivity contribution in [3.8, 4) is 0 Å². The highest BCUT2D eigenvalue weighted by Crippen LogP contribution is 2.36. The molecule has 2 saturated heterocycles. The van der Waals surface area contributed by atoms with Crippen LogP contribution in [0.1, 0.15) is 32.6 Å². The van der Waals surface area contributed by atoms with E-state index in [1.165, 1.54) is 4.90 Å². The Morgan fingerprint density at radius 3 is 2.94 bits per heavy atom. The zero-order valence-electron chi connectivity index (χ0n) is 10.3. The summed E-state index contributed by atoms with van der Waals surface area (Å²) in [4.78, 5) is 26.5. The minimum atomic E-state index is -0.970. The molecule has 2 atom stereocenters. The molecule has 2 aliphatic rings. The molecule has 0 bridgehead atoms. The number of hydrogen-bond donors (Lipinski definition) is 1. The molecule has 96 valence electrons. The average molecular weight is 240 g/mol. The second kappa shape index (κ2) is 4.64. The van der Waals surface area contributed by atoms with Crippen LogP contribution in [0.4, 0.5) is 0 Å². The van der Waals surface area contributed by atoms with Gasteiger partial charge in [-0.1, -0.05) is 0 Å². The molecule has 2 unspecified atom stereocenters. The molecule has 5 nitrogen and oxygen atoms in total. The maximum atomic E-state index is 11.6. The lowest BCUT2D eigenvalue weighted by atomic mass is 9.82. The molecular formula is C12H20N2O3. The Hall–Kier alpha value is -1.10. The molecule has 0 aliphatic carbocycles. The minimum Gasteiger partial charge on any atom is -0.479 e. The summed E-state index contributed by atoms with van der Waals surface area (Å²) in [5.74, 6) is -0.849. The fraction of sp³-hybridized carbons (Fsp3) is 0.833. The third-order valence-corrected chi connectivity index (χ3v) is 4.30. The lowest BCUT2D eigenvalue weighted by molar-refractivity contribution is -0.160. The predicted molar refractivity (Wildman–Crippen MR) is 62.6 cm³/mol. The summed E-state index contributed by atoms with van der Waals surface area (Å²) in [6, 6.07) is 0.342. The Morgan fingerprint density at radius 2 is 2.35 bits per heavy atom. The van der Waals surface area contributed by atoms with Gasteiger partial charge < -0.3 is 14.9 Å². The number of piperidine rings is 1. The molecule has 5 heteroatoms. The van der Waals surface area contributed by atoms with Crippen molar-refractivity contribution >= 4 is 12.4 Å². The van der Waals surface area contributed by atoms with Gasteiger partial charge in [0, 0.05) is 19.1 Å². The van der Waals surface area contributed by atoms with Crippen molar-refractivity contribution in [2.45, 2.75) is 44.2 Å². The molecule has 2 heterocycles. The fourth-order valence-electron chi connectivity index (χ4n) is 3.30. The molecule has 0 aromatic carbocycles. The maximum Gasteiger partial charge on any atom is 0.329 e. The van der Waals surface area contributed by atoms with E-state index in [9.17, 15) is 14.7 Å². The highest BCUT2D eigenvalue weighted by Gasteiger charge is 2.49. The SMILES string of the molecule is CCN(C=O)C1(C(=O)O)CCN2CCCC2C1. The summed E-state index contributed by atoms with van der Waals surface area (Å²) < 4.78 is 0. The van der Waals surface area contributed by atoms with Crippen LogP contribution in [-0.2, 0) is 9.59 Å². The number of carbonyl (C=O) groups is 2. The van der Waals surface area contributed by atoms with Gasteiger partial charge in [-0.05, 0) is 39.2 Å². The zero-order valence-corrected chi connectivity index (χ0v) is 10.3. The summed E-state index contributed by atoms with van der Waals surface area (Å²) >= 11 is 0. The predicted octanol–water partition coefficient (Wildman–Crippen LogP) is 0.546. The third kappa shape index (κ3) is 1.92. The average Bonchev–Trinajstić information content (AvgIpc) is 2.77. The summed E-state index contributed by atoms with van der Waals surface area (Å²) in [6.07, 6.45) is 4.03. The van der Waals surface area contributed by atoms with Crippen LogP contribution in [0.3, 0.4) is 0 Å². The van der Waals surface area contributed by atoms with Gasteiger partial charge in [0.15, 0.2) is 0 Å². The van der Waals surface area contributed by atoms with Gasteiger partial charge in [0.05, 0.1) is 0 Å². The molecular weight excluding hydrogens is 220 g/mol. The van der Waals surface area contributed by atoms with E-state index in [1.54, 1.807) is 0 Å². The maximum absolute atomic E-state index is 11.6. The van der Waals surface area contributed by atoms with Crippen molar-refractivity contribution < 1.29 is 14.7 Å². The molecule has 0 saturated carbocycles. The van der Waals surface area contributed by atoms with Gasteiger partial charge in [-0.2, -0.15) is 0 Å². The first-order chi connectivity index (χ1) is 8.14. The van der Waals surface area contributed by atoms with E-state index in [-0.39, 0.29) is 0 Å². The molecule has 0 spiro atoms. The number of likely N-dealkylation sites (N-methyl/N-ethyl adjacent to an activating group) is 1. The van der Waals surface area contributed by atoms with Gasteiger partial charge in [0.25, 0.3) is 0 Å². The van der Waals surface area contributed by atoms with Crippen molar-refractivity contribution in [1.29, 1.82) is 0 Å². The number of rotatable bonds is 4. The van der Waals surface area contributed by atoms with Crippen molar-refractivity contribution in [2.75, 3.05) is 19.6 Å². The number of aliphatic carboxylic acids is 1. The summed E-state index contributed by atoms with van der Waals surface area (Å²) in [7, 11) is 0. The second-order valence-electron chi connectivity index (χ2n) is 5.01. The highest BCUT2D eigenvalue weighted by molar-refractivity contribution is 5.81. The monoisotopic (exact) mass is 240 g/mol. The number of hydrogen-bond acceptors (Lipinski definition) is 3. The zero-order chi connectivity index (χ0) is 12.5. The Labute approximate surface area is 101 Å². The topological polar surface area (TPSA) is 60.9 Å². The molecule has 0 aromatic heterocycles. The molecule has 2 aliphatic heterocycles. The summed E-state index contributed by atoms with van der Waals surface area (Å²) in [6.45, 7) is 4.16. The standard InChI is InChI=1S/C12H20N2O3/c1-2-14(9-15)12(11(16)17)5-7-13-6-3-4-10(13)8-12/h9-10H,2-8H2,1H3,(H,16,17). The van der Waals surface area contributed by atoms with Gasteiger partial charge in [-0.25, -0.2) is 4.79 Å². The van der Waals surface area contributed by atoms with Crippen molar-refractivity contribution in [2.24, 2.45) is 0 Å². The second-order valence-corrected chi connectivity index (χ2v) is 5.01. The number of carboxylic acids is 1. The van der Waals surface area contributed by atoms with Gasteiger partial charge in [0.2, 0.25) is 6.41 Å². The Bertz CT molecular complexity index is 321. The summed E-state index contributed by atoms with van der Waals surface area (Å²) in [5.41, 5.74) is -0.970. The van der Waals surface area contributed by atoms with E-state index in [2.05, 4.69) is 4.90 Å². The molecule has 1 N–H and O–H groups in total. The molecule has 2 rings (SSSR count). The van der Waals surface area contributed by atoms with Crippen LogP contribution >= 0.6 is 0 Å².